The van der Waals surface area contributed by atoms with Crippen LogP contribution in [0.25, 0.3) is 0 Å². The monoisotopic (exact) mass is 251 g/mol. The van der Waals surface area contributed by atoms with Gasteiger partial charge < -0.3 is 14.1 Å². The lowest BCUT2D eigenvalue weighted by atomic mass is 10.8. The van der Waals surface area contributed by atoms with Crippen molar-refractivity contribution in [3.8, 4) is 0 Å². The number of alkyl halides is 1. The van der Waals surface area contributed by atoms with Crippen molar-refractivity contribution in [3.05, 3.63) is 0 Å². The molecule has 6 heteroatoms. The van der Waals surface area contributed by atoms with E-state index in [0.717, 1.165) is 11.9 Å². The average molecular weight is 253 g/mol. The van der Waals surface area contributed by atoms with Crippen LogP contribution in [0.3, 0.4) is 0 Å². The normalized spacial score (nSPS) is 8.25. The SMILES string of the molecule is NCCBr.[O-][Br+2]([O-])O. The van der Waals surface area contributed by atoms with Crippen LogP contribution in [0, 0.1) is 14.8 Å². The molecule has 0 amide bonds. The van der Waals surface area contributed by atoms with E-state index in [4.69, 9.17) is 18.3 Å². The molecule has 0 aromatic rings. The van der Waals surface area contributed by atoms with E-state index in [2.05, 4.69) is 15.9 Å². The van der Waals surface area contributed by atoms with E-state index in [0.29, 0.717) is 0 Å². The van der Waals surface area contributed by atoms with Gasteiger partial charge in [0.05, 0.1) is 0 Å². The van der Waals surface area contributed by atoms with Crippen molar-refractivity contribution in [2.45, 2.75) is 0 Å². The highest BCUT2D eigenvalue weighted by molar-refractivity contribution is 9.09. The van der Waals surface area contributed by atoms with Gasteiger partial charge in [-0.2, -0.15) is 0 Å². The summed E-state index contributed by atoms with van der Waals surface area (Å²) in [6, 6.07) is 0. The summed E-state index contributed by atoms with van der Waals surface area (Å²) in [4.78, 5) is 0. The van der Waals surface area contributed by atoms with Crippen LogP contribution >= 0.6 is 15.9 Å². The Morgan fingerprint density at radius 1 is 1.62 bits per heavy atom. The fourth-order valence-corrected chi connectivity index (χ4v) is 0. The standard InChI is InChI=1S/C2H6BrN.BrHO3/c3-1-2-4;2-1(3)4/h1-2,4H2;2H. The lowest BCUT2D eigenvalue weighted by Crippen LogP contribution is -2.30. The fourth-order valence-electron chi connectivity index (χ4n) is 0. The van der Waals surface area contributed by atoms with Gasteiger partial charge in [0, 0.05) is 11.9 Å². The van der Waals surface area contributed by atoms with Gasteiger partial charge >= 0.3 is 14.8 Å². The van der Waals surface area contributed by atoms with Crippen LogP contribution < -0.4 is 14.1 Å². The Balaban J connectivity index is 0. The molecule has 52 valence electrons. The Morgan fingerprint density at radius 2 is 1.75 bits per heavy atom. The summed E-state index contributed by atoms with van der Waals surface area (Å²) < 4.78 is 24.3. The smallest absolute Gasteiger partial charge is 0.372 e. The molecule has 0 rings (SSSR count). The largest absolute Gasteiger partial charge is 0.433 e. The molecule has 0 aliphatic heterocycles. The zero-order chi connectivity index (χ0) is 6.99. The molecule has 0 saturated heterocycles. The minimum absolute atomic E-state index is 0.736. The predicted octanol–water partition coefficient (Wildman–Crippen LogP) is -2.59. The quantitative estimate of drug-likeness (QED) is 0.501. The molecule has 0 heterocycles. The molecule has 0 saturated carbocycles. The summed E-state index contributed by atoms with van der Waals surface area (Å²) >= 11 is -0.273. The maximum Gasteiger partial charge on any atom is 0.433 e. The van der Waals surface area contributed by atoms with Gasteiger partial charge in [0.15, 0.2) is 0 Å². The van der Waals surface area contributed by atoms with Crippen molar-refractivity contribution in [1.82, 2.24) is 0 Å². The maximum absolute atomic E-state index is 8.63. The first-order chi connectivity index (χ1) is 3.65. The summed E-state index contributed by atoms with van der Waals surface area (Å²) in [5.41, 5.74) is 4.98. The molecule has 8 heavy (non-hydrogen) atoms. The van der Waals surface area contributed by atoms with Crippen molar-refractivity contribution in [2.75, 3.05) is 11.9 Å². The molecule has 4 nitrogen and oxygen atoms in total. The van der Waals surface area contributed by atoms with E-state index in [1.165, 1.54) is 0 Å². The predicted molar refractivity (Wildman–Crippen MR) is 25.1 cm³/mol. The van der Waals surface area contributed by atoms with Crippen LogP contribution in [0.2, 0.25) is 0 Å². The van der Waals surface area contributed by atoms with Crippen LogP contribution in [0.4, 0.5) is 0 Å². The zero-order valence-corrected chi connectivity index (χ0v) is 7.18. The van der Waals surface area contributed by atoms with Crippen LogP contribution in [-0.2, 0) is 0 Å². The average Bonchev–Trinajstić information content (AvgIpc) is 1.65. The number of hydrogen-bond acceptors (Lipinski definition) is 4. The van der Waals surface area contributed by atoms with Crippen LogP contribution in [0.5, 0.6) is 0 Å². The van der Waals surface area contributed by atoms with Crippen molar-refractivity contribution in [3.63, 3.8) is 0 Å². The lowest BCUT2D eigenvalue weighted by Gasteiger charge is -1.69. The molecule has 0 bridgehead atoms. The minimum atomic E-state index is -3.40. The second-order valence-corrected chi connectivity index (χ2v) is 2.32. The molecule has 0 radical (unpaired) electrons. The Morgan fingerprint density at radius 3 is 1.75 bits per heavy atom. The second kappa shape index (κ2) is 10.7. The third-order valence-electron chi connectivity index (χ3n) is 0.109. The van der Waals surface area contributed by atoms with E-state index >= 15 is 0 Å². The van der Waals surface area contributed by atoms with E-state index in [-0.39, 0.29) is 0 Å². The molecule has 0 fully saturated rings. The van der Waals surface area contributed by atoms with E-state index < -0.39 is 14.8 Å². The highest BCUT2D eigenvalue weighted by Gasteiger charge is 1.86. The third-order valence-corrected chi connectivity index (χ3v) is 0.567. The summed E-state index contributed by atoms with van der Waals surface area (Å²) in [5.74, 6) is 0. The Kier molecular flexibility index (Phi) is 15.5. The highest BCUT2D eigenvalue weighted by atomic mass is 80.0. The van der Waals surface area contributed by atoms with Crippen LogP contribution in [-0.4, -0.2) is 16.1 Å². The third kappa shape index (κ3) is 70.6. The van der Waals surface area contributed by atoms with Gasteiger partial charge in [0.1, 0.15) is 0 Å². The van der Waals surface area contributed by atoms with Crippen molar-refractivity contribution >= 4 is 15.9 Å². The number of halogens is 2. The molecule has 0 spiro atoms. The lowest BCUT2D eigenvalue weighted by molar-refractivity contribution is -1.63. The van der Waals surface area contributed by atoms with Gasteiger partial charge in [-0.05, 0) is 4.20 Å². The van der Waals surface area contributed by atoms with Crippen molar-refractivity contribution in [2.24, 2.45) is 5.73 Å². The number of nitrogens with two attached hydrogens (primary N) is 1. The Bertz CT molecular complexity index is 31.7. The summed E-state index contributed by atoms with van der Waals surface area (Å²) in [7, 11) is 0. The summed E-state index contributed by atoms with van der Waals surface area (Å²) in [5, 5.41) is 0.910. The van der Waals surface area contributed by atoms with E-state index in [1.807, 2.05) is 0 Å². The fraction of sp³-hybridized carbons (Fsp3) is 1.00. The number of rotatable bonds is 1. The van der Waals surface area contributed by atoms with Gasteiger partial charge in [-0.3, -0.25) is 0 Å². The maximum atomic E-state index is 8.63. The summed E-state index contributed by atoms with van der Waals surface area (Å²) in [6.07, 6.45) is 0. The van der Waals surface area contributed by atoms with E-state index in [9.17, 15) is 0 Å². The first kappa shape index (κ1) is 11.6. The highest BCUT2D eigenvalue weighted by Crippen LogP contribution is 1.67. The molecule has 0 aliphatic carbocycles. The topological polar surface area (TPSA) is 92.4 Å². The Hall–Kier alpha value is 0.800. The van der Waals surface area contributed by atoms with Crippen LogP contribution in [0.1, 0.15) is 0 Å². The molecule has 0 aromatic carbocycles. The molecular weight excluding hydrogens is 246 g/mol. The van der Waals surface area contributed by atoms with Gasteiger partial charge in [0.25, 0.3) is 0 Å². The van der Waals surface area contributed by atoms with Crippen molar-refractivity contribution in [1.29, 1.82) is 0 Å². The summed E-state index contributed by atoms with van der Waals surface area (Å²) in [6.45, 7) is 0.736. The molecular formula is C2H7Br2NO3. The van der Waals surface area contributed by atoms with Gasteiger partial charge in [-0.15, -0.1) is 0 Å². The molecule has 0 atom stereocenters. The second-order valence-electron chi connectivity index (χ2n) is 0.679. The first-order valence-corrected chi connectivity index (χ1v) is 4.78. The van der Waals surface area contributed by atoms with Gasteiger partial charge in [-0.1, -0.05) is 15.9 Å². The minimum Gasteiger partial charge on any atom is -0.372 e. The molecule has 3 N–H and O–H groups in total. The van der Waals surface area contributed by atoms with E-state index in [1.54, 1.807) is 0 Å². The first-order valence-electron chi connectivity index (χ1n) is 1.65. The van der Waals surface area contributed by atoms with Gasteiger partial charge in [-0.25, -0.2) is 0 Å². The van der Waals surface area contributed by atoms with Crippen LogP contribution in [0.15, 0.2) is 0 Å². The zero-order valence-electron chi connectivity index (χ0n) is 4.01. The molecule has 0 aliphatic rings. The van der Waals surface area contributed by atoms with Gasteiger partial charge in [0.2, 0.25) is 0 Å². The molecule has 0 aromatic heterocycles. The number of hydrogen-bond donors (Lipinski definition) is 2. The Labute approximate surface area is 61.3 Å². The molecule has 0 unspecified atom stereocenters. The van der Waals surface area contributed by atoms with Crippen molar-refractivity contribution < 1.29 is 27.4 Å².